The summed E-state index contributed by atoms with van der Waals surface area (Å²) in [5, 5.41) is 0.612. The van der Waals surface area contributed by atoms with Gasteiger partial charge in [-0.05, 0) is 23.8 Å². The van der Waals surface area contributed by atoms with Crippen molar-refractivity contribution in [3.05, 3.63) is 65.2 Å². The average Bonchev–Trinajstić information content (AvgIpc) is 2.66. The first-order valence-corrected chi connectivity index (χ1v) is 10.3. The molecule has 1 fully saturated rings. The molecule has 1 aliphatic rings. The highest BCUT2D eigenvalue weighted by atomic mass is 35.6. The SMILES string of the molecule is O=C(OCC(Cl)(Cl)Cl)N1CCC(Oc2cccc(Cl)c2)C(c2ccccc2)C1. The Morgan fingerprint density at radius 1 is 1.11 bits per heavy atom. The van der Waals surface area contributed by atoms with Gasteiger partial charge in [0.25, 0.3) is 0 Å². The molecular weight excluding hydrogens is 444 g/mol. The first-order valence-electron chi connectivity index (χ1n) is 8.77. The molecule has 4 nitrogen and oxygen atoms in total. The second-order valence-corrected chi connectivity index (χ2v) is 9.49. The number of rotatable bonds is 4. The fourth-order valence-electron chi connectivity index (χ4n) is 3.21. The summed E-state index contributed by atoms with van der Waals surface area (Å²) < 4.78 is 9.71. The van der Waals surface area contributed by atoms with E-state index in [0.717, 1.165) is 5.56 Å². The van der Waals surface area contributed by atoms with Gasteiger partial charge in [-0.1, -0.05) is 82.8 Å². The molecule has 0 bridgehead atoms. The molecular formula is C20H19Cl4NO3. The molecule has 1 heterocycles. The molecule has 0 spiro atoms. The Bertz CT molecular complexity index is 798. The summed E-state index contributed by atoms with van der Waals surface area (Å²) in [6, 6.07) is 17.2. The monoisotopic (exact) mass is 461 g/mol. The predicted molar refractivity (Wildman–Crippen MR) is 113 cm³/mol. The largest absolute Gasteiger partial charge is 0.490 e. The number of hydrogen-bond donors (Lipinski definition) is 0. The third kappa shape index (κ3) is 6.08. The van der Waals surface area contributed by atoms with Crippen LogP contribution < -0.4 is 4.74 Å². The Morgan fingerprint density at radius 3 is 2.54 bits per heavy atom. The van der Waals surface area contributed by atoms with Crippen molar-refractivity contribution >= 4 is 52.5 Å². The molecule has 1 aliphatic heterocycles. The summed E-state index contributed by atoms with van der Waals surface area (Å²) in [5.74, 6) is 0.667. The third-order valence-electron chi connectivity index (χ3n) is 4.48. The number of likely N-dealkylation sites (tertiary alicyclic amines) is 1. The predicted octanol–water partition coefficient (Wildman–Crippen LogP) is 6.08. The second kappa shape index (κ2) is 9.45. The Balaban J connectivity index is 1.74. The number of carbonyl (C=O) groups is 1. The number of ether oxygens (including phenoxy) is 2. The average molecular weight is 463 g/mol. The quantitative estimate of drug-likeness (QED) is 0.516. The summed E-state index contributed by atoms with van der Waals surface area (Å²) in [6.07, 6.45) is 0.0149. The lowest BCUT2D eigenvalue weighted by Gasteiger charge is -2.38. The van der Waals surface area contributed by atoms with Gasteiger partial charge in [0, 0.05) is 30.5 Å². The molecule has 0 aliphatic carbocycles. The molecule has 2 aromatic rings. The zero-order valence-corrected chi connectivity index (χ0v) is 17.9. The summed E-state index contributed by atoms with van der Waals surface area (Å²) in [6.45, 7) is 0.618. The molecule has 0 N–H and O–H groups in total. The summed E-state index contributed by atoms with van der Waals surface area (Å²) in [7, 11) is 0. The summed E-state index contributed by atoms with van der Waals surface area (Å²) in [4.78, 5) is 14.0. The molecule has 2 unspecified atom stereocenters. The first-order chi connectivity index (χ1) is 13.3. The normalized spacial score (nSPS) is 19.9. The van der Waals surface area contributed by atoms with Crippen molar-refractivity contribution in [3.63, 3.8) is 0 Å². The third-order valence-corrected chi connectivity index (χ3v) is 5.04. The smallest absolute Gasteiger partial charge is 0.409 e. The number of nitrogens with zero attached hydrogens (tertiary/aromatic N) is 1. The van der Waals surface area contributed by atoms with Gasteiger partial charge < -0.3 is 14.4 Å². The van der Waals surface area contributed by atoms with Gasteiger partial charge in [0.05, 0.1) is 0 Å². The Kier molecular flexibility index (Phi) is 7.21. The molecule has 2 aromatic carbocycles. The van der Waals surface area contributed by atoms with E-state index in [1.54, 1.807) is 17.0 Å². The van der Waals surface area contributed by atoms with Gasteiger partial charge in [-0.25, -0.2) is 4.79 Å². The molecule has 0 radical (unpaired) electrons. The zero-order chi connectivity index (χ0) is 20.1. The maximum absolute atomic E-state index is 12.4. The van der Waals surface area contributed by atoms with Gasteiger partial charge in [0.2, 0.25) is 3.79 Å². The van der Waals surface area contributed by atoms with E-state index in [2.05, 4.69) is 0 Å². The van der Waals surface area contributed by atoms with Crippen LogP contribution in [0.3, 0.4) is 0 Å². The van der Waals surface area contributed by atoms with E-state index >= 15 is 0 Å². The molecule has 2 atom stereocenters. The van der Waals surface area contributed by atoms with Crippen molar-refractivity contribution < 1.29 is 14.3 Å². The standard InChI is InChI=1S/C20H19Cl4NO3/c21-15-7-4-8-16(11-15)28-18-9-10-25(19(26)27-13-20(22,23)24)12-17(18)14-5-2-1-3-6-14/h1-8,11,17-18H,9-10,12-13H2. The van der Waals surface area contributed by atoms with Crippen molar-refractivity contribution in [2.45, 2.75) is 22.2 Å². The second-order valence-electron chi connectivity index (χ2n) is 6.54. The van der Waals surface area contributed by atoms with Crippen LogP contribution in [-0.4, -0.2) is 40.6 Å². The van der Waals surface area contributed by atoms with E-state index in [1.807, 2.05) is 42.5 Å². The van der Waals surface area contributed by atoms with Crippen molar-refractivity contribution in [3.8, 4) is 5.75 Å². The number of alkyl halides is 3. The van der Waals surface area contributed by atoms with Crippen LogP contribution in [0.1, 0.15) is 17.9 Å². The topological polar surface area (TPSA) is 38.8 Å². The van der Waals surface area contributed by atoms with Gasteiger partial charge in [-0.2, -0.15) is 0 Å². The molecule has 0 saturated carbocycles. The number of carbonyl (C=O) groups excluding carboxylic acids is 1. The van der Waals surface area contributed by atoms with Gasteiger partial charge >= 0.3 is 6.09 Å². The summed E-state index contributed by atoms with van der Waals surface area (Å²) in [5.41, 5.74) is 1.08. The highest BCUT2D eigenvalue weighted by Crippen LogP contribution is 2.32. The van der Waals surface area contributed by atoms with E-state index in [0.29, 0.717) is 30.3 Å². The van der Waals surface area contributed by atoms with E-state index < -0.39 is 9.89 Å². The number of halogens is 4. The summed E-state index contributed by atoms with van der Waals surface area (Å²) >= 11 is 23.1. The zero-order valence-electron chi connectivity index (χ0n) is 14.9. The molecule has 8 heteroatoms. The van der Waals surface area contributed by atoms with Gasteiger partial charge in [-0.3, -0.25) is 0 Å². The number of benzene rings is 2. The van der Waals surface area contributed by atoms with Crippen LogP contribution in [0.25, 0.3) is 0 Å². The Morgan fingerprint density at radius 2 is 1.86 bits per heavy atom. The molecule has 28 heavy (non-hydrogen) atoms. The van der Waals surface area contributed by atoms with Crippen LogP contribution in [0.4, 0.5) is 4.79 Å². The van der Waals surface area contributed by atoms with Crippen molar-refractivity contribution in [2.24, 2.45) is 0 Å². The lowest BCUT2D eigenvalue weighted by molar-refractivity contribution is 0.0560. The maximum Gasteiger partial charge on any atom is 0.409 e. The van der Waals surface area contributed by atoms with Gasteiger partial charge in [0.15, 0.2) is 0 Å². The minimum Gasteiger partial charge on any atom is -0.490 e. The van der Waals surface area contributed by atoms with E-state index in [-0.39, 0.29) is 18.6 Å². The molecule has 1 amide bonds. The van der Waals surface area contributed by atoms with E-state index in [4.69, 9.17) is 55.9 Å². The van der Waals surface area contributed by atoms with Crippen molar-refractivity contribution in [2.75, 3.05) is 19.7 Å². The van der Waals surface area contributed by atoms with Crippen LogP contribution in [0, 0.1) is 0 Å². The maximum atomic E-state index is 12.4. The number of piperidine rings is 1. The molecule has 0 aromatic heterocycles. The van der Waals surface area contributed by atoms with Crippen LogP contribution in [0.2, 0.25) is 5.02 Å². The number of amides is 1. The van der Waals surface area contributed by atoms with Crippen LogP contribution >= 0.6 is 46.4 Å². The highest BCUT2D eigenvalue weighted by Gasteiger charge is 2.35. The van der Waals surface area contributed by atoms with Crippen LogP contribution in [0.5, 0.6) is 5.75 Å². The first kappa shape index (κ1) is 21.4. The fraction of sp³-hybridized carbons (Fsp3) is 0.350. The molecule has 1 saturated heterocycles. The van der Waals surface area contributed by atoms with Crippen LogP contribution in [0.15, 0.2) is 54.6 Å². The molecule has 150 valence electrons. The minimum absolute atomic E-state index is 0.0331. The van der Waals surface area contributed by atoms with Crippen molar-refractivity contribution in [1.82, 2.24) is 4.90 Å². The molecule has 3 rings (SSSR count). The highest BCUT2D eigenvalue weighted by molar-refractivity contribution is 6.67. The van der Waals surface area contributed by atoms with Crippen molar-refractivity contribution in [1.29, 1.82) is 0 Å². The Hall–Kier alpha value is -1.33. The van der Waals surface area contributed by atoms with Crippen LogP contribution in [-0.2, 0) is 4.74 Å². The van der Waals surface area contributed by atoms with Gasteiger partial charge in [-0.15, -0.1) is 0 Å². The lowest BCUT2D eigenvalue weighted by Crippen LogP contribution is -2.47. The lowest BCUT2D eigenvalue weighted by atomic mass is 9.88. The number of hydrogen-bond acceptors (Lipinski definition) is 3. The van der Waals surface area contributed by atoms with E-state index in [1.165, 1.54) is 0 Å². The Labute approximate surface area is 184 Å². The van der Waals surface area contributed by atoms with E-state index in [9.17, 15) is 4.79 Å². The van der Waals surface area contributed by atoms with Gasteiger partial charge in [0.1, 0.15) is 18.5 Å². The minimum atomic E-state index is -1.64. The fourth-order valence-corrected chi connectivity index (χ4v) is 3.55.